The number of halogens is 1. The molecule has 0 aliphatic heterocycles. The van der Waals surface area contributed by atoms with Gasteiger partial charge in [-0.1, -0.05) is 31.1 Å². The van der Waals surface area contributed by atoms with Crippen LogP contribution in [0, 0.1) is 23.6 Å². The van der Waals surface area contributed by atoms with Gasteiger partial charge in [0.2, 0.25) is 5.91 Å². The third-order valence-electron chi connectivity index (χ3n) is 3.75. The van der Waals surface area contributed by atoms with Gasteiger partial charge in [0.1, 0.15) is 12.4 Å². The van der Waals surface area contributed by atoms with Crippen LogP contribution in [0.3, 0.4) is 0 Å². The maximum Gasteiger partial charge on any atom is 0.224 e. The lowest BCUT2D eigenvalue weighted by Gasteiger charge is -2.20. The normalized spacial score (nSPS) is 15.1. The van der Waals surface area contributed by atoms with Crippen molar-refractivity contribution < 1.29 is 14.3 Å². The molecule has 1 aromatic carbocycles. The van der Waals surface area contributed by atoms with Crippen LogP contribution in [0.1, 0.15) is 44.1 Å². The van der Waals surface area contributed by atoms with E-state index in [9.17, 15) is 9.18 Å². The zero-order chi connectivity index (χ0) is 15.1. The molecule has 1 aromatic rings. The van der Waals surface area contributed by atoms with Gasteiger partial charge in [0, 0.05) is 12.0 Å². The van der Waals surface area contributed by atoms with Gasteiger partial charge < -0.3 is 10.4 Å². The Bertz CT molecular complexity index is 554. The highest BCUT2D eigenvalue weighted by Crippen LogP contribution is 2.26. The van der Waals surface area contributed by atoms with Gasteiger partial charge in [-0.3, -0.25) is 4.79 Å². The second kappa shape index (κ2) is 7.80. The van der Waals surface area contributed by atoms with Crippen LogP contribution in [0.25, 0.3) is 0 Å². The minimum absolute atomic E-state index is 0.130. The van der Waals surface area contributed by atoms with Gasteiger partial charge in [0.25, 0.3) is 0 Å². The number of anilines is 1. The van der Waals surface area contributed by atoms with Crippen LogP contribution in [-0.4, -0.2) is 17.6 Å². The lowest BCUT2D eigenvalue weighted by Crippen LogP contribution is -2.18. The van der Waals surface area contributed by atoms with Crippen molar-refractivity contribution in [3.63, 3.8) is 0 Å². The summed E-state index contributed by atoms with van der Waals surface area (Å²) in [6.07, 6.45) is 6.26. The van der Waals surface area contributed by atoms with E-state index >= 15 is 0 Å². The summed E-state index contributed by atoms with van der Waals surface area (Å²) in [7, 11) is 0. The Morgan fingerprint density at radius 2 is 2.10 bits per heavy atom. The Balaban J connectivity index is 1.94. The molecule has 0 saturated heterocycles. The smallest absolute Gasteiger partial charge is 0.224 e. The van der Waals surface area contributed by atoms with Gasteiger partial charge in [-0.05, 0) is 37.0 Å². The first kappa shape index (κ1) is 15.5. The van der Waals surface area contributed by atoms with Crippen molar-refractivity contribution in [1.29, 1.82) is 0 Å². The van der Waals surface area contributed by atoms with Crippen LogP contribution >= 0.6 is 0 Å². The predicted octanol–water partition coefficient (Wildman–Crippen LogP) is 3.08. The van der Waals surface area contributed by atoms with Crippen molar-refractivity contribution >= 4 is 11.6 Å². The van der Waals surface area contributed by atoms with Gasteiger partial charge in [-0.2, -0.15) is 0 Å². The number of carbonyl (C=O) groups excluding carboxylic acids is 1. The van der Waals surface area contributed by atoms with Gasteiger partial charge in [0.15, 0.2) is 0 Å². The quantitative estimate of drug-likeness (QED) is 0.840. The Kier molecular flexibility index (Phi) is 5.77. The van der Waals surface area contributed by atoms with Gasteiger partial charge in [0.05, 0.1) is 5.69 Å². The van der Waals surface area contributed by atoms with Crippen molar-refractivity contribution in [2.45, 2.75) is 38.5 Å². The predicted molar refractivity (Wildman–Crippen MR) is 80.2 cm³/mol. The van der Waals surface area contributed by atoms with Crippen LogP contribution in [0.4, 0.5) is 10.1 Å². The van der Waals surface area contributed by atoms with Crippen molar-refractivity contribution in [1.82, 2.24) is 0 Å². The molecule has 2 N–H and O–H groups in total. The monoisotopic (exact) mass is 289 g/mol. The Morgan fingerprint density at radius 1 is 1.33 bits per heavy atom. The number of aliphatic hydroxyl groups excluding tert-OH is 1. The van der Waals surface area contributed by atoms with E-state index in [1.165, 1.54) is 31.4 Å². The zero-order valence-corrected chi connectivity index (χ0v) is 12.0. The molecule has 0 bridgehead atoms. The third kappa shape index (κ3) is 4.87. The molecule has 1 fully saturated rings. The lowest BCUT2D eigenvalue weighted by molar-refractivity contribution is -0.117. The summed E-state index contributed by atoms with van der Waals surface area (Å²) in [5.74, 6) is 4.88. The molecule has 0 radical (unpaired) electrons. The third-order valence-corrected chi connectivity index (χ3v) is 3.75. The maximum atomic E-state index is 13.9. The zero-order valence-electron chi connectivity index (χ0n) is 12.0. The van der Waals surface area contributed by atoms with E-state index in [0.29, 0.717) is 17.9 Å². The molecule has 0 unspecified atom stereocenters. The SMILES string of the molecule is O=C(CC1CCCCC1)Nc1ccc(C#CCO)cc1F. The van der Waals surface area contributed by atoms with Crippen LogP contribution in [0.15, 0.2) is 18.2 Å². The first-order valence-corrected chi connectivity index (χ1v) is 7.38. The Hall–Kier alpha value is -1.86. The summed E-state index contributed by atoms with van der Waals surface area (Å²) in [5.41, 5.74) is 0.664. The second-order valence-corrected chi connectivity index (χ2v) is 5.41. The minimum atomic E-state index is -0.503. The molecule has 0 atom stereocenters. The highest BCUT2D eigenvalue weighted by Gasteiger charge is 2.17. The summed E-state index contributed by atoms with van der Waals surface area (Å²) in [6, 6.07) is 4.40. The standard InChI is InChI=1S/C17H20FNO2/c18-15-11-14(7-4-10-20)8-9-16(15)19-17(21)12-13-5-2-1-3-6-13/h8-9,11,13,20H,1-3,5-6,10,12H2,(H,19,21). The molecule has 3 nitrogen and oxygen atoms in total. The molecule has 2 rings (SSSR count). The van der Waals surface area contributed by atoms with Crippen molar-refractivity contribution in [2.24, 2.45) is 5.92 Å². The fourth-order valence-electron chi connectivity index (χ4n) is 2.69. The Morgan fingerprint density at radius 3 is 2.76 bits per heavy atom. The summed E-state index contributed by atoms with van der Waals surface area (Å²) in [6.45, 7) is -0.262. The van der Waals surface area contributed by atoms with E-state index in [1.54, 1.807) is 6.07 Å². The van der Waals surface area contributed by atoms with Gasteiger partial charge >= 0.3 is 0 Å². The average molecular weight is 289 g/mol. The van der Waals surface area contributed by atoms with E-state index in [2.05, 4.69) is 17.2 Å². The molecule has 112 valence electrons. The van der Waals surface area contributed by atoms with Crippen LogP contribution in [0.2, 0.25) is 0 Å². The molecule has 0 spiro atoms. The highest BCUT2D eigenvalue weighted by atomic mass is 19.1. The summed E-state index contributed by atoms with van der Waals surface area (Å²) < 4.78 is 13.9. The number of benzene rings is 1. The Labute approximate surface area is 124 Å². The molecular formula is C17H20FNO2. The topological polar surface area (TPSA) is 49.3 Å². The van der Waals surface area contributed by atoms with Crippen LogP contribution in [-0.2, 0) is 4.79 Å². The van der Waals surface area contributed by atoms with E-state index in [0.717, 1.165) is 12.8 Å². The first-order chi connectivity index (χ1) is 10.2. The van der Waals surface area contributed by atoms with Gasteiger partial charge in [-0.15, -0.1) is 0 Å². The molecule has 0 aromatic heterocycles. The first-order valence-electron chi connectivity index (χ1n) is 7.38. The number of aliphatic hydroxyl groups is 1. The average Bonchev–Trinajstić information content (AvgIpc) is 2.48. The molecule has 1 aliphatic rings. The van der Waals surface area contributed by atoms with E-state index in [-0.39, 0.29) is 18.2 Å². The van der Waals surface area contributed by atoms with E-state index < -0.39 is 5.82 Å². The molecule has 1 aliphatic carbocycles. The summed E-state index contributed by atoms with van der Waals surface area (Å²) >= 11 is 0. The van der Waals surface area contributed by atoms with Gasteiger partial charge in [-0.25, -0.2) is 4.39 Å². The second-order valence-electron chi connectivity index (χ2n) is 5.41. The fourth-order valence-corrected chi connectivity index (χ4v) is 2.69. The molecule has 4 heteroatoms. The summed E-state index contributed by atoms with van der Waals surface area (Å²) in [4.78, 5) is 12.0. The highest BCUT2D eigenvalue weighted by molar-refractivity contribution is 5.91. The van der Waals surface area contributed by atoms with E-state index in [4.69, 9.17) is 5.11 Å². The van der Waals surface area contributed by atoms with Crippen LogP contribution < -0.4 is 5.32 Å². The van der Waals surface area contributed by atoms with E-state index in [1.807, 2.05) is 0 Å². The molecular weight excluding hydrogens is 269 g/mol. The lowest BCUT2D eigenvalue weighted by atomic mass is 9.87. The maximum absolute atomic E-state index is 13.9. The molecule has 21 heavy (non-hydrogen) atoms. The summed E-state index contributed by atoms with van der Waals surface area (Å²) in [5, 5.41) is 11.2. The molecule has 0 heterocycles. The number of hydrogen-bond acceptors (Lipinski definition) is 2. The van der Waals surface area contributed by atoms with Crippen molar-refractivity contribution in [2.75, 3.05) is 11.9 Å². The van der Waals surface area contributed by atoms with Crippen LogP contribution in [0.5, 0.6) is 0 Å². The molecule has 1 amide bonds. The minimum Gasteiger partial charge on any atom is -0.384 e. The number of hydrogen-bond donors (Lipinski definition) is 2. The largest absolute Gasteiger partial charge is 0.384 e. The number of amides is 1. The molecule has 1 saturated carbocycles. The number of carbonyl (C=O) groups is 1. The van der Waals surface area contributed by atoms with Crippen molar-refractivity contribution in [3.05, 3.63) is 29.6 Å². The van der Waals surface area contributed by atoms with Crippen molar-refractivity contribution in [3.8, 4) is 11.8 Å². The number of rotatable bonds is 3. The number of nitrogens with one attached hydrogen (secondary N) is 1. The fraction of sp³-hybridized carbons (Fsp3) is 0.471.